The van der Waals surface area contributed by atoms with Gasteiger partial charge in [0.1, 0.15) is 28.4 Å². The topological polar surface area (TPSA) is 132 Å². The van der Waals surface area contributed by atoms with Gasteiger partial charge in [-0.15, -0.1) is 11.3 Å². The Morgan fingerprint density at radius 2 is 2.04 bits per heavy atom. The Kier molecular flexibility index (Phi) is 7.50. The second-order valence-electron chi connectivity index (χ2n) is 11.8. The van der Waals surface area contributed by atoms with Crippen LogP contribution in [-0.4, -0.2) is 44.8 Å². The van der Waals surface area contributed by atoms with Gasteiger partial charge in [0.05, 0.1) is 41.0 Å². The van der Waals surface area contributed by atoms with Crippen molar-refractivity contribution in [2.45, 2.75) is 50.7 Å². The number of hydrogen-bond donors (Lipinski definition) is 3. The van der Waals surface area contributed by atoms with Gasteiger partial charge in [0.2, 0.25) is 5.91 Å². The number of thiophene rings is 1. The number of fused-ring (bicyclic) bond motifs is 2. The van der Waals surface area contributed by atoms with E-state index in [0.717, 1.165) is 31.1 Å². The van der Waals surface area contributed by atoms with E-state index in [1.54, 1.807) is 35.7 Å². The Morgan fingerprint density at radius 1 is 1.24 bits per heavy atom. The normalized spacial score (nSPS) is 16.2. The Morgan fingerprint density at radius 3 is 2.76 bits per heavy atom. The largest absolute Gasteiger partial charge is 0.491 e. The van der Waals surface area contributed by atoms with E-state index in [1.807, 2.05) is 17.8 Å². The van der Waals surface area contributed by atoms with E-state index in [9.17, 15) is 19.1 Å². The van der Waals surface area contributed by atoms with Gasteiger partial charge in [0.15, 0.2) is 0 Å². The van der Waals surface area contributed by atoms with Crippen LogP contribution in [0.5, 0.6) is 5.75 Å². The third-order valence-corrected chi connectivity index (χ3v) is 9.78. The summed E-state index contributed by atoms with van der Waals surface area (Å²) in [6.45, 7) is 1.96. The first-order chi connectivity index (χ1) is 21.7. The van der Waals surface area contributed by atoms with Crippen LogP contribution in [0.1, 0.15) is 60.3 Å². The molecule has 0 unspecified atom stereocenters. The maximum Gasteiger partial charge on any atom is 0.251 e. The van der Waals surface area contributed by atoms with E-state index in [0.29, 0.717) is 54.8 Å². The van der Waals surface area contributed by atoms with Crippen molar-refractivity contribution in [3.63, 3.8) is 0 Å². The summed E-state index contributed by atoms with van der Waals surface area (Å²) in [5, 5.41) is 23.3. The number of aliphatic hydroxyl groups is 1. The molecule has 2 aliphatic carbocycles. The van der Waals surface area contributed by atoms with Gasteiger partial charge in [-0.1, -0.05) is 23.7 Å². The third kappa shape index (κ3) is 5.53. The molecule has 9 nitrogen and oxygen atoms in total. The van der Waals surface area contributed by atoms with Crippen molar-refractivity contribution in [1.82, 2.24) is 20.1 Å². The first-order valence-corrected chi connectivity index (χ1v) is 16.2. The van der Waals surface area contributed by atoms with Crippen LogP contribution in [0.4, 0.5) is 4.39 Å². The molecule has 2 fully saturated rings. The molecule has 2 aromatic carbocycles. The predicted molar refractivity (Wildman–Crippen MR) is 171 cm³/mol. The quantitative estimate of drug-likeness (QED) is 0.164. The average molecular weight is 648 g/mol. The highest BCUT2D eigenvalue weighted by Gasteiger charge is 2.47. The molecule has 1 atom stereocenters. The summed E-state index contributed by atoms with van der Waals surface area (Å²) in [4.78, 5) is 30.6. The van der Waals surface area contributed by atoms with Crippen LogP contribution in [0, 0.1) is 11.7 Å². The summed E-state index contributed by atoms with van der Waals surface area (Å²) in [6.07, 6.45) is 5.34. The Balaban J connectivity index is 1.27. The summed E-state index contributed by atoms with van der Waals surface area (Å²) in [5.74, 6) is -1.18. The number of ether oxygens (including phenoxy) is 1. The second-order valence-corrected chi connectivity index (χ2v) is 13.1. The maximum atomic E-state index is 14.7. The van der Waals surface area contributed by atoms with Crippen LogP contribution in [-0.2, 0) is 16.8 Å². The molecule has 0 bridgehead atoms. The van der Waals surface area contributed by atoms with Crippen LogP contribution in [0.2, 0.25) is 5.02 Å². The minimum Gasteiger partial charge on any atom is -0.491 e. The molecule has 3 aromatic heterocycles. The number of hydrogen-bond acceptors (Lipinski definition) is 7. The van der Waals surface area contributed by atoms with Crippen LogP contribution in [0.15, 0.2) is 48.0 Å². The third-order valence-electron chi connectivity index (χ3n) is 8.49. The lowest BCUT2D eigenvalue weighted by atomic mass is 9.90. The molecule has 0 spiro atoms. The molecule has 12 heteroatoms. The number of nitrogens with one attached hydrogen (secondary N) is 1. The Bertz CT molecular complexity index is 1990. The summed E-state index contributed by atoms with van der Waals surface area (Å²) >= 11 is 7.76. The Labute approximate surface area is 267 Å². The molecule has 232 valence electrons. The molecule has 2 amide bonds. The van der Waals surface area contributed by atoms with Gasteiger partial charge in [-0.05, 0) is 62.8 Å². The van der Waals surface area contributed by atoms with Crippen molar-refractivity contribution >= 4 is 55.7 Å². The standard InChI is InChI=1S/C33H31ClFN5O4S/c1-2-44-30-17(13-27(36)41)12-26(38-29(30)23-15-45-31-22(23)4-3-5-25(31)35)33(43,20-6-7-20)16-37-32(42)18-10-19-14-40(21-8-9-21)39-28(19)24(34)11-18/h3-5,10-12,14-15,20-21,43H,2,6-9,13,16H2,1H3,(H2,36,41)(H,37,42)/t33-/m1/s1. The van der Waals surface area contributed by atoms with Gasteiger partial charge >= 0.3 is 0 Å². The van der Waals surface area contributed by atoms with Gasteiger partial charge in [0, 0.05) is 39.0 Å². The summed E-state index contributed by atoms with van der Waals surface area (Å²) in [5.41, 5.74) is 6.78. The number of carbonyl (C=O) groups excluding carboxylic acids is 2. The van der Waals surface area contributed by atoms with E-state index in [2.05, 4.69) is 10.4 Å². The van der Waals surface area contributed by atoms with E-state index in [-0.39, 0.29) is 37.0 Å². The monoisotopic (exact) mass is 647 g/mol. The van der Waals surface area contributed by atoms with E-state index in [1.165, 1.54) is 17.4 Å². The molecule has 0 radical (unpaired) electrons. The fraction of sp³-hybridized carbons (Fsp3) is 0.333. The molecule has 45 heavy (non-hydrogen) atoms. The molecular weight excluding hydrogens is 617 g/mol. The SMILES string of the molecule is CCOc1c(CC(N)=O)cc([C@@](O)(CNC(=O)c2cc(Cl)c3nn(C4CC4)cc3c2)C2CC2)nc1-c1csc2c(F)cccc12. The number of nitrogens with zero attached hydrogens (tertiary/aromatic N) is 3. The van der Waals surface area contributed by atoms with Crippen molar-refractivity contribution in [3.8, 4) is 17.0 Å². The minimum atomic E-state index is -1.57. The highest BCUT2D eigenvalue weighted by Crippen LogP contribution is 2.48. The minimum absolute atomic E-state index is 0.136. The molecule has 4 N–H and O–H groups in total. The maximum absolute atomic E-state index is 14.7. The van der Waals surface area contributed by atoms with Crippen molar-refractivity contribution in [2.24, 2.45) is 11.7 Å². The van der Waals surface area contributed by atoms with Crippen LogP contribution < -0.4 is 15.8 Å². The van der Waals surface area contributed by atoms with Crippen molar-refractivity contribution < 1.29 is 23.8 Å². The van der Waals surface area contributed by atoms with Crippen molar-refractivity contribution in [3.05, 3.63) is 75.6 Å². The summed E-state index contributed by atoms with van der Waals surface area (Å²) < 4.78 is 23.0. The van der Waals surface area contributed by atoms with E-state index >= 15 is 0 Å². The number of nitrogens with two attached hydrogens (primary N) is 1. The highest BCUT2D eigenvalue weighted by atomic mass is 35.5. The number of rotatable bonds is 11. The zero-order valence-electron chi connectivity index (χ0n) is 24.5. The number of halogens is 2. The van der Waals surface area contributed by atoms with Gasteiger partial charge in [-0.25, -0.2) is 9.37 Å². The van der Waals surface area contributed by atoms with Crippen molar-refractivity contribution in [1.29, 1.82) is 0 Å². The number of benzene rings is 2. The molecule has 2 aliphatic rings. The fourth-order valence-electron chi connectivity index (χ4n) is 5.91. The first kappa shape index (κ1) is 29.6. The summed E-state index contributed by atoms with van der Waals surface area (Å²) in [7, 11) is 0. The van der Waals surface area contributed by atoms with Gasteiger partial charge in [-0.3, -0.25) is 14.3 Å². The smallest absolute Gasteiger partial charge is 0.251 e. The molecule has 0 aliphatic heterocycles. The van der Waals surface area contributed by atoms with Gasteiger partial charge in [0.25, 0.3) is 5.91 Å². The van der Waals surface area contributed by atoms with Crippen LogP contribution >= 0.6 is 22.9 Å². The number of amides is 2. The van der Waals surface area contributed by atoms with Crippen LogP contribution in [0.25, 0.3) is 32.2 Å². The number of pyridine rings is 1. The lowest BCUT2D eigenvalue weighted by molar-refractivity contribution is -0.117. The predicted octanol–water partition coefficient (Wildman–Crippen LogP) is 5.89. The van der Waals surface area contributed by atoms with Gasteiger partial charge in [-0.2, -0.15) is 5.10 Å². The average Bonchev–Trinajstić information content (AvgIpc) is 3.95. The van der Waals surface area contributed by atoms with Gasteiger partial charge < -0.3 is 20.9 Å². The molecule has 5 aromatic rings. The molecule has 7 rings (SSSR count). The lowest BCUT2D eigenvalue weighted by Crippen LogP contribution is -2.43. The zero-order chi connectivity index (χ0) is 31.5. The number of aromatic nitrogens is 3. The molecule has 2 saturated carbocycles. The Hall–Kier alpha value is -4.06. The molecule has 0 saturated heterocycles. The lowest BCUT2D eigenvalue weighted by Gasteiger charge is -2.30. The number of primary amides is 1. The molecular formula is C33H31ClFN5O4S. The van der Waals surface area contributed by atoms with E-state index in [4.69, 9.17) is 27.1 Å². The fourth-order valence-corrected chi connectivity index (χ4v) is 7.13. The van der Waals surface area contributed by atoms with E-state index < -0.39 is 17.4 Å². The highest BCUT2D eigenvalue weighted by molar-refractivity contribution is 7.17. The zero-order valence-corrected chi connectivity index (χ0v) is 26.1. The number of carbonyl (C=O) groups is 2. The second kappa shape index (κ2) is 11.4. The van der Waals surface area contributed by atoms with Crippen molar-refractivity contribution in [2.75, 3.05) is 13.2 Å². The summed E-state index contributed by atoms with van der Waals surface area (Å²) in [6, 6.07) is 10.2. The first-order valence-electron chi connectivity index (χ1n) is 15.0. The molecule has 3 heterocycles. The van der Waals surface area contributed by atoms with Crippen LogP contribution in [0.3, 0.4) is 0 Å².